The maximum absolute atomic E-state index is 11.9. The topological polar surface area (TPSA) is 64.4 Å². The van der Waals surface area contributed by atoms with Crippen molar-refractivity contribution in [3.8, 4) is 18.1 Å². The predicted octanol–water partition coefficient (Wildman–Crippen LogP) is 1.37. The van der Waals surface area contributed by atoms with E-state index in [0.29, 0.717) is 29.3 Å². The quantitative estimate of drug-likeness (QED) is 0.463. The molecule has 0 saturated carbocycles. The van der Waals surface area contributed by atoms with E-state index in [4.69, 9.17) is 16.9 Å². The molecule has 0 fully saturated rings. The molecule has 0 heterocycles. The molecule has 0 aliphatic heterocycles. The van der Waals surface area contributed by atoms with Crippen molar-refractivity contribution in [1.82, 2.24) is 5.32 Å². The molecule has 0 saturated heterocycles. The Morgan fingerprint density at radius 3 is 3.06 bits per heavy atom. The number of carbonyl (C=O) groups excluding carboxylic acids is 1. The Balaban J connectivity index is 2.56. The lowest BCUT2D eigenvalue weighted by molar-refractivity contribution is 0.0953. The zero-order valence-electron chi connectivity index (χ0n) is 10.2. The lowest BCUT2D eigenvalue weighted by atomic mass is 10.1. The SMILES string of the molecule is C#CCSCCNC(=O)c1cc(N)ccc1OC. The molecule has 1 aromatic carbocycles. The molecule has 3 N–H and O–H groups in total. The van der Waals surface area contributed by atoms with Crippen molar-refractivity contribution in [3.05, 3.63) is 23.8 Å². The fourth-order valence-electron chi connectivity index (χ4n) is 1.37. The van der Waals surface area contributed by atoms with E-state index >= 15 is 0 Å². The van der Waals surface area contributed by atoms with Gasteiger partial charge in [0.15, 0.2) is 0 Å². The van der Waals surface area contributed by atoms with E-state index in [2.05, 4.69) is 11.2 Å². The molecule has 1 rings (SSSR count). The van der Waals surface area contributed by atoms with E-state index < -0.39 is 0 Å². The number of ether oxygens (including phenoxy) is 1. The minimum absolute atomic E-state index is 0.194. The van der Waals surface area contributed by atoms with Crippen LogP contribution in [0.25, 0.3) is 0 Å². The molecule has 1 amide bonds. The number of nitrogens with two attached hydrogens (primary N) is 1. The molecule has 0 aliphatic carbocycles. The smallest absolute Gasteiger partial charge is 0.255 e. The van der Waals surface area contributed by atoms with Crippen molar-refractivity contribution in [2.24, 2.45) is 0 Å². The zero-order chi connectivity index (χ0) is 13.4. The van der Waals surface area contributed by atoms with Crippen LogP contribution in [0.5, 0.6) is 5.75 Å². The molecule has 4 nitrogen and oxygen atoms in total. The second-order valence-electron chi connectivity index (χ2n) is 3.47. The summed E-state index contributed by atoms with van der Waals surface area (Å²) in [6, 6.07) is 4.97. The Kier molecular flexibility index (Phi) is 5.95. The normalized spacial score (nSPS) is 9.56. The summed E-state index contributed by atoms with van der Waals surface area (Å²) in [5, 5.41) is 2.80. The number of benzene rings is 1. The number of methoxy groups -OCH3 is 1. The number of hydrogen-bond donors (Lipinski definition) is 2. The Bertz CT molecular complexity index is 455. The molecular weight excluding hydrogens is 248 g/mol. The summed E-state index contributed by atoms with van der Waals surface area (Å²) in [5.74, 6) is 4.27. The molecule has 1 aromatic rings. The average molecular weight is 264 g/mol. The summed E-state index contributed by atoms with van der Waals surface area (Å²) in [6.07, 6.45) is 5.13. The summed E-state index contributed by atoms with van der Waals surface area (Å²) in [5.41, 5.74) is 6.63. The Morgan fingerprint density at radius 2 is 2.39 bits per heavy atom. The van der Waals surface area contributed by atoms with Crippen LogP contribution in [0.15, 0.2) is 18.2 Å². The van der Waals surface area contributed by atoms with Crippen LogP contribution in [0.4, 0.5) is 5.69 Å². The van der Waals surface area contributed by atoms with Gasteiger partial charge in [0.1, 0.15) is 5.75 Å². The van der Waals surface area contributed by atoms with Gasteiger partial charge in [-0.3, -0.25) is 4.79 Å². The van der Waals surface area contributed by atoms with Gasteiger partial charge in [0, 0.05) is 18.0 Å². The van der Waals surface area contributed by atoms with Crippen molar-refractivity contribution in [2.45, 2.75) is 0 Å². The van der Waals surface area contributed by atoms with Crippen LogP contribution >= 0.6 is 11.8 Å². The molecule has 0 unspecified atom stereocenters. The minimum Gasteiger partial charge on any atom is -0.496 e. The second kappa shape index (κ2) is 7.51. The number of nitrogens with one attached hydrogen (secondary N) is 1. The van der Waals surface area contributed by atoms with Crippen LogP contribution in [0.2, 0.25) is 0 Å². The lowest BCUT2D eigenvalue weighted by Gasteiger charge is -2.09. The zero-order valence-corrected chi connectivity index (χ0v) is 11.0. The van der Waals surface area contributed by atoms with Gasteiger partial charge in [-0.05, 0) is 18.2 Å². The second-order valence-corrected chi connectivity index (χ2v) is 4.58. The summed E-state index contributed by atoms with van der Waals surface area (Å²) in [6.45, 7) is 0.559. The summed E-state index contributed by atoms with van der Waals surface area (Å²) in [4.78, 5) is 11.9. The minimum atomic E-state index is -0.194. The van der Waals surface area contributed by atoms with Gasteiger partial charge in [-0.1, -0.05) is 5.92 Å². The third-order valence-electron chi connectivity index (χ3n) is 2.19. The highest BCUT2D eigenvalue weighted by molar-refractivity contribution is 7.99. The van der Waals surface area contributed by atoms with Crippen molar-refractivity contribution in [2.75, 3.05) is 30.9 Å². The fourth-order valence-corrected chi connectivity index (χ4v) is 1.87. The van der Waals surface area contributed by atoms with Gasteiger partial charge >= 0.3 is 0 Å². The lowest BCUT2D eigenvalue weighted by Crippen LogP contribution is -2.26. The molecule has 18 heavy (non-hydrogen) atoms. The van der Waals surface area contributed by atoms with Gasteiger partial charge in [0.2, 0.25) is 0 Å². The van der Waals surface area contributed by atoms with Crippen molar-refractivity contribution in [1.29, 1.82) is 0 Å². The summed E-state index contributed by atoms with van der Waals surface area (Å²) < 4.78 is 5.12. The molecular formula is C13H16N2O2S. The van der Waals surface area contributed by atoms with Crippen LogP contribution in [-0.2, 0) is 0 Å². The van der Waals surface area contributed by atoms with Gasteiger partial charge in [-0.2, -0.15) is 0 Å². The van der Waals surface area contributed by atoms with Crippen LogP contribution in [0, 0.1) is 12.3 Å². The van der Waals surface area contributed by atoms with Crippen LogP contribution in [0.3, 0.4) is 0 Å². The third-order valence-corrected chi connectivity index (χ3v) is 3.05. The number of terminal acetylenes is 1. The molecule has 96 valence electrons. The predicted molar refractivity (Wildman–Crippen MR) is 75.9 cm³/mol. The van der Waals surface area contributed by atoms with Crippen LogP contribution in [-0.4, -0.2) is 31.1 Å². The number of thioether (sulfide) groups is 1. The Morgan fingerprint density at radius 1 is 1.61 bits per heavy atom. The number of anilines is 1. The van der Waals surface area contributed by atoms with E-state index in [1.54, 1.807) is 30.0 Å². The van der Waals surface area contributed by atoms with Crippen LogP contribution in [0.1, 0.15) is 10.4 Å². The van der Waals surface area contributed by atoms with E-state index in [-0.39, 0.29) is 5.91 Å². The van der Waals surface area contributed by atoms with Crippen LogP contribution < -0.4 is 15.8 Å². The van der Waals surface area contributed by atoms with E-state index in [1.807, 2.05) is 0 Å². The largest absolute Gasteiger partial charge is 0.496 e. The molecule has 0 aliphatic rings. The Hall–Kier alpha value is -1.80. The number of amides is 1. The third kappa shape index (κ3) is 4.22. The number of rotatable bonds is 6. The number of nitrogen functional groups attached to an aromatic ring is 1. The number of hydrogen-bond acceptors (Lipinski definition) is 4. The average Bonchev–Trinajstić information content (AvgIpc) is 2.38. The molecule has 0 bridgehead atoms. The maximum atomic E-state index is 11.9. The van der Waals surface area contributed by atoms with Crippen molar-refractivity contribution in [3.63, 3.8) is 0 Å². The van der Waals surface area contributed by atoms with E-state index in [1.165, 1.54) is 7.11 Å². The molecule has 0 atom stereocenters. The molecule has 5 heteroatoms. The Labute approximate surface area is 111 Å². The van der Waals surface area contributed by atoms with Gasteiger partial charge in [-0.15, -0.1) is 18.2 Å². The van der Waals surface area contributed by atoms with E-state index in [9.17, 15) is 4.79 Å². The van der Waals surface area contributed by atoms with E-state index in [0.717, 1.165) is 5.75 Å². The first-order valence-corrected chi connectivity index (χ1v) is 6.57. The first-order chi connectivity index (χ1) is 8.69. The number of carbonyl (C=O) groups is 1. The maximum Gasteiger partial charge on any atom is 0.255 e. The monoisotopic (exact) mass is 264 g/mol. The van der Waals surface area contributed by atoms with Gasteiger partial charge < -0.3 is 15.8 Å². The standard InChI is InChI=1S/C13H16N2O2S/c1-3-7-18-8-6-15-13(16)11-9-10(14)4-5-12(11)17-2/h1,4-5,9H,6-8,14H2,2H3,(H,15,16). The first kappa shape index (κ1) is 14.3. The molecule has 0 spiro atoms. The van der Waals surface area contributed by atoms with Crippen molar-refractivity contribution >= 4 is 23.4 Å². The highest BCUT2D eigenvalue weighted by atomic mass is 32.2. The summed E-state index contributed by atoms with van der Waals surface area (Å²) in [7, 11) is 1.52. The van der Waals surface area contributed by atoms with Crippen molar-refractivity contribution < 1.29 is 9.53 Å². The van der Waals surface area contributed by atoms with Gasteiger partial charge in [0.25, 0.3) is 5.91 Å². The first-order valence-electron chi connectivity index (χ1n) is 5.42. The molecule has 0 radical (unpaired) electrons. The van der Waals surface area contributed by atoms with Gasteiger partial charge in [-0.25, -0.2) is 0 Å². The van der Waals surface area contributed by atoms with Gasteiger partial charge in [0.05, 0.1) is 18.4 Å². The summed E-state index contributed by atoms with van der Waals surface area (Å²) >= 11 is 1.60. The molecule has 0 aromatic heterocycles. The highest BCUT2D eigenvalue weighted by Gasteiger charge is 2.11. The fraction of sp³-hybridized carbons (Fsp3) is 0.308. The highest BCUT2D eigenvalue weighted by Crippen LogP contribution is 2.20.